The number of aliphatic hydroxyl groups is 1. The average Bonchev–Trinajstić information content (AvgIpc) is 3.71. The number of aliphatic hydroxyl groups excluding tert-OH is 1. The Morgan fingerprint density at radius 1 is 1.04 bits per heavy atom. The number of ether oxygens (including phenoxy) is 1. The van der Waals surface area contributed by atoms with E-state index in [1.165, 1.54) is 56.6 Å². The second kappa shape index (κ2) is 13.6. The lowest BCUT2D eigenvalue weighted by Crippen LogP contribution is -2.37. The zero-order valence-corrected chi connectivity index (χ0v) is 27.8. The quantitative estimate of drug-likeness (QED) is 0.151. The van der Waals surface area contributed by atoms with E-state index in [-0.39, 0.29) is 52.4 Å². The van der Waals surface area contributed by atoms with E-state index in [1.54, 1.807) is 30.3 Å². The topological polar surface area (TPSA) is 159 Å². The number of furan rings is 1. The number of nitrogens with one attached hydrogen (secondary N) is 1. The maximum absolute atomic E-state index is 14.6. The number of nitrogens with zero attached hydrogens (tertiary/aromatic N) is 3. The Labute approximate surface area is 285 Å². The fourth-order valence-electron chi connectivity index (χ4n) is 5.72. The molecule has 6 rings (SSSR count). The highest BCUT2D eigenvalue weighted by Gasteiger charge is 2.29. The minimum absolute atomic E-state index is 0.00764. The van der Waals surface area contributed by atoms with Crippen molar-refractivity contribution in [2.75, 3.05) is 31.3 Å². The molecule has 4 aromatic carbocycles. The third kappa shape index (κ3) is 6.48. The van der Waals surface area contributed by atoms with E-state index >= 15 is 0 Å². The van der Waals surface area contributed by atoms with E-state index in [2.05, 4.69) is 10.3 Å². The Morgan fingerprint density at radius 3 is 2.44 bits per heavy atom. The summed E-state index contributed by atoms with van der Waals surface area (Å²) >= 11 is 0. The fourth-order valence-corrected chi connectivity index (χ4v) is 6.67. The van der Waals surface area contributed by atoms with Crippen molar-refractivity contribution in [2.45, 2.75) is 18.9 Å². The lowest BCUT2D eigenvalue weighted by molar-refractivity contribution is 0.0964. The predicted octanol–water partition coefficient (Wildman–Crippen LogP) is 6.65. The van der Waals surface area contributed by atoms with E-state index in [0.717, 1.165) is 10.6 Å². The molecule has 50 heavy (non-hydrogen) atoms. The first kappa shape index (κ1) is 34.1. The first-order chi connectivity index (χ1) is 23.9. The van der Waals surface area contributed by atoms with Crippen LogP contribution in [0.5, 0.6) is 5.75 Å². The average molecular weight is 701 g/mol. The first-order valence-electron chi connectivity index (χ1n) is 15.3. The van der Waals surface area contributed by atoms with Crippen molar-refractivity contribution in [3.8, 4) is 45.7 Å². The van der Waals surface area contributed by atoms with Crippen LogP contribution in [0.3, 0.4) is 0 Å². The number of nitriles is 1. The number of halogens is 2. The van der Waals surface area contributed by atoms with Gasteiger partial charge in [-0.15, -0.1) is 0 Å². The van der Waals surface area contributed by atoms with Crippen LogP contribution >= 0.6 is 0 Å². The first-order valence-corrected chi connectivity index (χ1v) is 17.1. The van der Waals surface area contributed by atoms with E-state index in [0.29, 0.717) is 33.4 Å². The Morgan fingerprint density at radius 2 is 1.78 bits per heavy atom. The van der Waals surface area contributed by atoms with Crippen LogP contribution in [-0.2, 0) is 10.0 Å². The van der Waals surface area contributed by atoms with Crippen molar-refractivity contribution in [1.29, 1.82) is 5.26 Å². The van der Waals surface area contributed by atoms with Crippen molar-refractivity contribution < 1.29 is 40.7 Å². The van der Waals surface area contributed by atoms with Crippen LogP contribution < -0.4 is 14.4 Å². The lowest BCUT2D eigenvalue weighted by atomic mass is 9.96. The van der Waals surface area contributed by atoms with Crippen LogP contribution in [0.15, 0.2) is 81.6 Å². The highest BCUT2D eigenvalue weighted by atomic mass is 32.2. The number of oxazole rings is 1. The van der Waals surface area contributed by atoms with Gasteiger partial charge in [-0.1, -0.05) is 12.1 Å². The molecule has 0 bridgehead atoms. The van der Waals surface area contributed by atoms with Crippen LogP contribution in [0.25, 0.3) is 56.0 Å². The summed E-state index contributed by atoms with van der Waals surface area (Å²) in [4.78, 5) is 17.7. The summed E-state index contributed by atoms with van der Waals surface area (Å²) in [6.07, 6.45) is -0.225. The SMILES string of the molecule is CNC(=O)c1c(-c2ccc(F)cc2)oc2cc(N(CC(O)CCC#N)S(C)(=O)=O)c(-c3ccc(OC)c(-c4nc5c(F)cccc5o4)c3)cc12. The van der Waals surface area contributed by atoms with Gasteiger partial charge in [-0.3, -0.25) is 9.10 Å². The molecule has 0 aliphatic carbocycles. The molecule has 2 aromatic heterocycles. The normalized spacial score (nSPS) is 12.2. The molecular weight excluding hydrogens is 670 g/mol. The minimum atomic E-state index is -4.09. The molecule has 0 fully saturated rings. The van der Waals surface area contributed by atoms with Gasteiger partial charge in [0.2, 0.25) is 15.9 Å². The number of amides is 1. The molecule has 11 nitrogen and oxygen atoms in total. The number of hydrogen-bond acceptors (Lipinski definition) is 9. The number of methoxy groups -OCH3 is 1. The summed E-state index contributed by atoms with van der Waals surface area (Å²) in [7, 11) is -1.21. The van der Waals surface area contributed by atoms with Crippen molar-refractivity contribution in [1.82, 2.24) is 10.3 Å². The highest BCUT2D eigenvalue weighted by molar-refractivity contribution is 7.92. The molecule has 14 heteroatoms. The molecule has 0 aliphatic rings. The standard InChI is InChI=1S/C36H30F2N4O7S/c1-40-35(44)32-25-17-24(21-11-14-29(47-2)26(16-21)36-41-33-27(38)7-4-8-30(33)49-36)28(42(50(3,45)46)19-23(43)6-5-15-39)18-31(25)48-34(32)20-9-12-22(37)13-10-20/h4,7-14,16-18,23,43H,5-6,19H2,1-3H3,(H,40,44). The van der Waals surface area contributed by atoms with Crippen LogP contribution in [0, 0.1) is 23.0 Å². The molecule has 0 spiro atoms. The number of aromatic nitrogens is 1. The number of sulfonamides is 1. The number of anilines is 1. The van der Waals surface area contributed by atoms with Gasteiger partial charge in [-0.05, 0) is 66.6 Å². The van der Waals surface area contributed by atoms with Gasteiger partial charge >= 0.3 is 0 Å². The van der Waals surface area contributed by atoms with E-state index < -0.39 is 40.2 Å². The van der Waals surface area contributed by atoms with Gasteiger partial charge in [0.05, 0.1) is 48.9 Å². The van der Waals surface area contributed by atoms with Gasteiger partial charge in [-0.25, -0.2) is 22.2 Å². The fraction of sp³-hybridized carbons (Fsp3) is 0.194. The summed E-state index contributed by atoms with van der Waals surface area (Å²) < 4.78 is 73.9. The predicted molar refractivity (Wildman–Crippen MR) is 183 cm³/mol. The lowest BCUT2D eigenvalue weighted by Gasteiger charge is -2.27. The van der Waals surface area contributed by atoms with Gasteiger partial charge in [0.15, 0.2) is 11.4 Å². The van der Waals surface area contributed by atoms with Crippen LogP contribution in [0.4, 0.5) is 14.5 Å². The van der Waals surface area contributed by atoms with Crippen molar-refractivity contribution in [3.63, 3.8) is 0 Å². The number of fused-ring (bicyclic) bond motifs is 2. The zero-order chi connectivity index (χ0) is 35.7. The second-order valence-corrected chi connectivity index (χ2v) is 13.3. The van der Waals surface area contributed by atoms with Crippen LogP contribution in [0.1, 0.15) is 23.2 Å². The van der Waals surface area contributed by atoms with Gasteiger partial charge < -0.3 is 24.0 Å². The van der Waals surface area contributed by atoms with E-state index in [9.17, 15) is 27.1 Å². The van der Waals surface area contributed by atoms with Crippen molar-refractivity contribution in [3.05, 3.63) is 90.0 Å². The molecule has 0 radical (unpaired) electrons. The molecule has 0 saturated heterocycles. The summed E-state index contributed by atoms with van der Waals surface area (Å²) in [5.41, 5.74) is 1.95. The summed E-state index contributed by atoms with van der Waals surface area (Å²) in [6, 6.07) is 19.5. The van der Waals surface area contributed by atoms with Gasteiger partial charge in [-0.2, -0.15) is 5.26 Å². The number of carbonyl (C=O) groups is 1. The van der Waals surface area contributed by atoms with Gasteiger partial charge in [0.1, 0.15) is 28.4 Å². The van der Waals surface area contributed by atoms with Crippen molar-refractivity contribution >= 4 is 43.7 Å². The Bertz CT molecular complexity index is 2400. The van der Waals surface area contributed by atoms with Crippen LogP contribution in [0.2, 0.25) is 0 Å². The van der Waals surface area contributed by atoms with E-state index in [1.807, 2.05) is 6.07 Å². The number of para-hydroxylation sites is 1. The smallest absolute Gasteiger partial charge is 0.255 e. The molecule has 2 heterocycles. The minimum Gasteiger partial charge on any atom is -0.496 e. The molecule has 0 saturated carbocycles. The van der Waals surface area contributed by atoms with Gasteiger partial charge in [0.25, 0.3) is 5.91 Å². The second-order valence-electron chi connectivity index (χ2n) is 11.4. The number of rotatable bonds is 11. The Kier molecular flexibility index (Phi) is 9.29. The molecule has 1 atom stereocenters. The van der Waals surface area contributed by atoms with E-state index in [4.69, 9.17) is 18.8 Å². The summed E-state index contributed by atoms with van der Waals surface area (Å²) in [6.45, 7) is -0.403. The largest absolute Gasteiger partial charge is 0.496 e. The third-order valence-corrected chi connectivity index (χ3v) is 9.26. The molecule has 0 aliphatic heterocycles. The van der Waals surface area contributed by atoms with Crippen molar-refractivity contribution in [2.24, 2.45) is 0 Å². The molecular formula is C36H30F2N4O7S. The summed E-state index contributed by atoms with van der Waals surface area (Å²) in [5, 5.41) is 22.8. The maximum Gasteiger partial charge on any atom is 0.255 e. The number of benzene rings is 4. The monoisotopic (exact) mass is 700 g/mol. The Balaban J connectivity index is 1.65. The Hall–Kier alpha value is -5.78. The van der Waals surface area contributed by atoms with Crippen LogP contribution in [-0.4, -0.2) is 57.5 Å². The third-order valence-electron chi connectivity index (χ3n) is 8.11. The molecule has 6 aromatic rings. The number of hydrogen-bond donors (Lipinski definition) is 2. The zero-order valence-electron chi connectivity index (χ0n) is 27.0. The highest BCUT2D eigenvalue weighted by Crippen LogP contribution is 2.44. The molecule has 2 N–H and O–H groups in total. The van der Waals surface area contributed by atoms with Gasteiger partial charge in [0, 0.05) is 36.0 Å². The maximum atomic E-state index is 14.6. The molecule has 1 unspecified atom stereocenters. The summed E-state index contributed by atoms with van der Waals surface area (Å²) in [5.74, 6) is -1.12. The molecule has 256 valence electrons. The molecule has 1 amide bonds. The number of carbonyl (C=O) groups excluding carboxylic acids is 1.